The van der Waals surface area contributed by atoms with Crippen LogP contribution in [-0.2, 0) is 16.1 Å². The lowest BCUT2D eigenvalue weighted by Crippen LogP contribution is -2.13. The number of ether oxygens (including phenoxy) is 1. The van der Waals surface area contributed by atoms with Gasteiger partial charge in [-0.3, -0.25) is 4.79 Å². The smallest absolute Gasteiger partial charge is 0.313 e. The summed E-state index contributed by atoms with van der Waals surface area (Å²) in [7, 11) is 0. The van der Waals surface area contributed by atoms with Crippen LogP contribution in [0.15, 0.2) is 18.2 Å². The minimum Gasteiger partial charge on any atom is -0.466 e. The van der Waals surface area contributed by atoms with Gasteiger partial charge in [-0.05, 0) is 53.6 Å². The molecule has 0 bridgehead atoms. The second-order valence-electron chi connectivity index (χ2n) is 3.53. The molecular weight excluding hydrogens is 317 g/mol. The van der Waals surface area contributed by atoms with E-state index in [1.807, 2.05) is 32.0 Å². The van der Waals surface area contributed by atoms with E-state index in [9.17, 15) is 4.79 Å². The normalized spacial score (nSPS) is 12.2. The van der Waals surface area contributed by atoms with Gasteiger partial charge in [0.25, 0.3) is 0 Å². The second-order valence-corrected chi connectivity index (χ2v) is 4.69. The molecule has 1 unspecified atom stereocenters. The standard InChI is InChI=1S/C12H16INO2/c1-3-16-12(15)8(2)9-4-5-11(13)10(6-9)7-14/h4-6,8H,3,7,14H2,1-2H3. The molecule has 4 heteroatoms. The Hall–Kier alpha value is -0.620. The molecular formula is C12H16INO2. The molecule has 16 heavy (non-hydrogen) atoms. The first-order valence-corrected chi connectivity index (χ1v) is 6.33. The molecule has 0 fully saturated rings. The fourth-order valence-electron chi connectivity index (χ4n) is 1.42. The number of halogens is 1. The van der Waals surface area contributed by atoms with Crippen LogP contribution in [0.2, 0.25) is 0 Å². The first-order chi connectivity index (χ1) is 7.60. The maximum absolute atomic E-state index is 11.6. The summed E-state index contributed by atoms with van der Waals surface area (Å²) in [5, 5.41) is 0. The molecule has 0 aromatic heterocycles. The van der Waals surface area contributed by atoms with Gasteiger partial charge in [0.1, 0.15) is 0 Å². The van der Waals surface area contributed by atoms with Crippen LogP contribution in [0.25, 0.3) is 0 Å². The summed E-state index contributed by atoms with van der Waals surface area (Å²) >= 11 is 2.24. The van der Waals surface area contributed by atoms with Crippen LogP contribution in [0.4, 0.5) is 0 Å². The Balaban J connectivity index is 2.91. The van der Waals surface area contributed by atoms with E-state index in [-0.39, 0.29) is 11.9 Å². The molecule has 1 rings (SSSR count). The van der Waals surface area contributed by atoms with Gasteiger partial charge in [-0.1, -0.05) is 12.1 Å². The third kappa shape index (κ3) is 3.18. The van der Waals surface area contributed by atoms with E-state index < -0.39 is 0 Å². The number of carbonyl (C=O) groups is 1. The number of benzene rings is 1. The maximum atomic E-state index is 11.6. The van der Waals surface area contributed by atoms with Gasteiger partial charge in [0, 0.05) is 10.1 Å². The Labute approximate surface area is 109 Å². The zero-order valence-corrected chi connectivity index (χ0v) is 11.7. The Morgan fingerprint density at radius 2 is 2.25 bits per heavy atom. The fraction of sp³-hybridized carbons (Fsp3) is 0.417. The molecule has 0 spiro atoms. The van der Waals surface area contributed by atoms with E-state index in [2.05, 4.69) is 22.6 Å². The molecule has 0 aliphatic rings. The van der Waals surface area contributed by atoms with Crippen LogP contribution in [0, 0.1) is 3.57 Å². The van der Waals surface area contributed by atoms with Crippen molar-refractivity contribution in [2.45, 2.75) is 26.3 Å². The lowest BCUT2D eigenvalue weighted by atomic mass is 9.99. The molecule has 2 N–H and O–H groups in total. The van der Waals surface area contributed by atoms with Gasteiger partial charge in [0.15, 0.2) is 0 Å². The minimum absolute atomic E-state index is 0.188. The van der Waals surface area contributed by atoms with Gasteiger partial charge in [0.05, 0.1) is 12.5 Å². The predicted molar refractivity (Wildman–Crippen MR) is 72.1 cm³/mol. The molecule has 0 aliphatic carbocycles. The van der Waals surface area contributed by atoms with Crippen molar-refractivity contribution in [2.24, 2.45) is 5.73 Å². The molecule has 3 nitrogen and oxygen atoms in total. The molecule has 1 aromatic carbocycles. The van der Waals surface area contributed by atoms with Crippen molar-refractivity contribution in [3.05, 3.63) is 32.9 Å². The summed E-state index contributed by atoms with van der Waals surface area (Å²) in [6.07, 6.45) is 0. The average molecular weight is 333 g/mol. The van der Waals surface area contributed by atoms with Crippen LogP contribution < -0.4 is 5.73 Å². The first-order valence-electron chi connectivity index (χ1n) is 5.25. The van der Waals surface area contributed by atoms with Crippen molar-refractivity contribution in [3.63, 3.8) is 0 Å². The molecule has 1 atom stereocenters. The van der Waals surface area contributed by atoms with Crippen LogP contribution in [0.5, 0.6) is 0 Å². The Morgan fingerprint density at radius 3 is 2.81 bits per heavy atom. The third-order valence-electron chi connectivity index (χ3n) is 2.43. The number of hydrogen-bond donors (Lipinski definition) is 1. The lowest BCUT2D eigenvalue weighted by molar-refractivity contribution is -0.144. The van der Waals surface area contributed by atoms with Gasteiger partial charge >= 0.3 is 5.97 Å². The second kappa shape index (κ2) is 6.20. The van der Waals surface area contributed by atoms with Crippen molar-refractivity contribution < 1.29 is 9.53 Å². The predicted octanol–water partition coefficient (Wildman–Crippen LogP) is 2.42. The third-order valence-corrected chi connectivity index (χ3v) is 3.48. The maximum Gasteiger partial charge on any atom is 0.313 e. The largest absolute Gasteiger partial charge is 0.466 e. The number of carbonyl (C=O) groups excluding carboxylic acids is 1. The topological polar surface area (TPSA) is 52.3 Å². The highest BCUT2D eigenvalue weighted by Crippen LogP contribution is 2.21. The van der Waals surface area contributed by atoms with Crippen molar-refractivity contribution in [1.82, 2.24) is 0 Å². The minimum atomic E-state index is -0.234. The zero-order chi connectivity index (χ0) is 12.1. The quantitative estimate of drug-likeness (QED) is 0.680. The number of rotatable bonds is 4. The molecule has 0 saturated carbocycles. The number of nitrogens with two attached hydrogens (primary N) is 1. The molecule has 0 amide bonds. The van der Waals surface area contributed by atoms with Gasteiger partial charge in [-0.15, -0.1) is 0 Å². The molecule has 88 valence electrons. The van der Waals surface area contributed by atoms with Gasteiger partial charge in [-0.25, -0.2) is 0 Å². The summed E-state index contributed by atoms with van der Waals surface area (Å²) < 4.78 is 6.11. The highest BCUT2D eigenvalue weighted by Gasteiger charge is 2.16. The molecule has 0 aliphatic heterocycles. The number of hydrogen-bond acceptors (Lipinski definition) is 3. The summed E-state index contributed by atoms with van der Waals surface area (Å²) in [6.45, 7) is 4.56. The Kier molecular flexibility index (Phi) is 5.21. The average Bonchev–Trinajstić information content (AvgIpc) is 2.29. The van der Waals surface area contributed by atoms with E-state index >= 15 is 0 Å². The van der Waals surface area contributed by atoms with E-state index in [0.717, 1.165) is 14.7 Å². The van der Waals surface area contributed by atoms with Crippen LogP contribution in [-0.4, -0.2) is 12.6 Å². The van der Waals surface area contributed by atoms with Crippen molar-refractivity contribution in [3.8, 4) is 0 Å². The van der Waals surface area contributed by atoms with Gasteiger partial charge in [-0.2, -0.15) is 0 Å². The summed E-state index contributed by atoms with van der Waals surface area (Å²) in [5.41, 5.74) is 7.66. The monoisotopic (exact) mass is 333 g/mol. The SMILES string of the molecule is CCOC(=O)C(C)c1ccc(I)c(CN)c1. The summed E-state index contributed by atoms with van der Waals surface area (Å²) in [4.78, 5) is 11.6. The summed E-state index contributed by atoms with van der Waals surface area (Å²) in [6, 6.07) is 5.90. The highest BCUT2D eigenvalue weighted by atomic mass is 127. The van der Waals surface area contributed by atoms with Gasteiger partial charge in [0.2, 0.25) is 0 Å². The van der Waals surface area contributed by atoms with Crippen LogP contribution in [0.3, 0.4) is 0 Å². The van der Waals surface area contributed by atoms with E-state index in [4.69, 9.17) is 10.5 Å². The molecule has 0 heterocycles. The van der Waals surface area contributed by atoms with Crippen molar-refractivity contribution in [2.75, 3.05) is 6.61 Å². The zero-order valence-electron chi connectivity index (χ0n) is 9.50. The van der Waals surface area contributed by atoms with Crippen molar-refractivity contribution >= 4 is 28.6 Å². The van der Waals surface area contributed by atoms with Crippen LogP contribution in [0.1, 0.15) is 30.9 Å². The van der Waals surface area contributed by atoms with E-state index in [1.165, 1.54) is 0 Å². The highest BCUT2D eigenvalue weighted by molar-refractivity contribution is 14.1. The molecule has 0 radical (unpaired) electrons. The Morgan fingerprint density at radius 1 is 1.56 bits per heavy atom. The molecule has 0 saturated heterocycles. The number of esters is 1. The van der Waals surface area contributed by atoms with Crippen LogP contribution >= 0.6 is 22.6 Å². The first kappa shape index (κ1) is 13.4. The molecule has 1 aromatic rings. The Bertz CT molecular complexity index is 379. The summed E-state index contributed by atoms with van der Waals surface area (Å²) in [5.74, 6) is -0.422. The van der Waals surface area contributed by atoms with E-state index in [0.29, 0.717) is 13.2 Å². The van der Waals surface area contributed by atoms with E-state index in [1.54, 1.807) is 0 Å². The fourth-order valence-corrected chi connectivity index (χ4v) is 1.98. The lowest BCUT2D eigenvalue weighted by Gasteiger charge is -2.12. The van der Waals surface area contributed by atoms with Gasteiger partial charge < -0.3 is 10.5 Å². The van der Waals surface area contributed by atoms with Crippen molar-refractivity contribution in [1.29, 1.82) is 0 Å².